The van der Waals surface area contributed by atoms with Crippen LogP contribution in [-0.2, 0) is 4.79 Å². The van der Waals surface area contributed by atoms with Gasteiger partial charge in [0.1, 0.15) is 12.0 Å². The van der Waals surface area contributed by atoms with Gasteiger partial charge in [0.2, 0.25) is 0 Å². The van der Waals surface area contributed by atoms with Gasteiger partial charge < -0.3 is 15.6 Å². The number of hydrogen-bond acceptors (Lipinski definition) is 3. The highest BCUT2D eigenvalue weighted by atomic mass is 16.3. The van der Waals surface area contributed by atoms with Crippen molar-refractivity contribution in [2.75, 3.05) is 0 Å². The van der Waals surface area contributed by atoms with Crippen molar-refractivity contribution in [2.24, 2.45) is 11.7 Å². The minimum absolute atomic E-state index is 0.00463. The van der Waals surface area contributed by atoms with Gasteiger partial charge in [0.15, 0.2) is 0 Å². The van der Waals surface area contributed by atoms with Crippen LogP contribution in [0.2, 0.25) is 0 Å². The fourth-order valence-corrected chi connectivity index (χ4v) is 0.369. The Kier molecular flexibility index (Phi) is 2.81. The Morgan fingerprint density at radius 2 is 2.22 bits per heavy atom. The van der Waals surface area contributed by atoms with Gasteiger partial charge in [-0.05, 0) is 5.92 Å². The molecule has 0 spiro atoms. The molecule has 3 N–H and O–H groups in total. The fraction of sp³-hybridized carbons (Fsp3) is 0.833. The molecule has 54 valence electrons. The Labute approximate surface area is 54.9 Å². The highest BCUT2D eigenvalue weighted by Gasteiger charge is 2.24. The summed E-state index contributed by atoms with van der Waals surface area (Å²) in [5, 5.41) is 9.14. The summed E-state index contributed by atoms with van der Waals surface area (Å²) in [6, 6.07) is 0. The van der Waals surface area contributed by atoms with E-state index in [0.717, 1.165) is 0 Å². The highest BCUT2D eigenvalue weighted by molar-refractivity contribution is 5.51. The van der Waals surface area contributed by atoms with Crippen LogP contribution in [0.15, 0.2) is 0 Å². The predicted octanol–water partition coefficient (Wildman–Crippen LogP) is -0.121. The monoisotopic (exact) mass is 131 g/mol. The van der Waals surface area contributed by atoms with Gasteiger partial charge in [-0.1, -0.05) is 13.8 Å². The molecule has 0 aliphatic heterocycles. The number of rotatable bonds is 3. The maximum atomic E-state index is 9.88. The van der Waals surface area contributed by atoms with E-state index in [1.54, 1.807) is 13.8 Å². The van der Waals surface area contributed by atoms with Crippen molar-refractivity contribution < 1.29 is 9.90 Å². The molecule has 0 radical (unpaired) electrons. The van der Waals surface area contributed by atoms with E-state index < -0.39 is 5.72 Å². The fourth-order valence-electron chi connectivity index (χ4n) is 0.369. The van der Waals surface area contributed by atoms with Gasteiger partial charge in [-0.3, -0.25) is 0 Å². The summed E-state index contributed by atoms with van der Waals surface area (Å²) in [6.07, 6.45) is 0.630. The molecule has 0 rings (SSSR count). The zero-order valence-corrected chi connectivity index (χ0v) is 5.79. The van der Waals surface area contributed by atoms with Gasteiger partial charge in [-0.15, -0.1) is 0 Å². The van der Waals surface area contributed by atoms with E-state index in [-0.39, 0.29) is 12.3 Å². The normalized spacial score (nSPS) is 17.4. The second kappa shape index (κ2) is 2.94. The Morgan fingerprint density at radius 3 is 2.33 bits per heavy atom. The van der Waals surface area contributed by atoms with Crippen LogP contribution in [-0.4, -0.2) is 17.1 Å². The van der Waals surface area contributed by atoms with Crippen LogP contribution in [0.25, 0.3) is 0 Å². The lowest BCUT2D eigenvalue weighted by atomic mass is 9.98. The molecule has 0 bridgehead atoms. The van der Waals surface area contributed by atoms with E-state index in [0.29, 0.717) is 6.29 Å². The lowest BCUT2D eigenvalue weighted by Crippen LogP contribution is -2.45. The summed E-state index contributed by atoms with van der Waals surface area (Å²) >= 11 is 0. The van der Waals surface area contributed by atoms with E-state index in [4.69, 9.17) is 10.8 Å². The van der Waals surface area contributed by atoms with Gasteiger partial charge in [0, 0.05) is 6.42 Å². The first-order valence-electron chi connectivity index (χ1n) is 2.95. The lowest BCUT2D eigenvalue weighted by Gasteiger charge is -2.24. The molecule has 0 heterocycles. The molecular weight excluding hydrogens is 118 g/mol. The first kappa shape index (κ1) is 8.59. The molecule has 0 saturated carbocycles. The quantitative estimate of drug-likeness (QED) is 0.414. The molecule has 1 atom stereocenters. The van der Waals surface area contributed by atoms with Crippen molar-refractivity contribution >= 4 is 6.29 Å². The van der Waals surface area contributed by atoms with Crippen LogP contribution >= 0.6 is 0 Å². The first-order valence-corrected chi connectivity index (χ1v) is 2.95. The zero-order chi connectivity index (χ0) is 7.49. The molecule has 0 aromatic heterocycles. The number of carbonyl (C=O) groups excluding carboxylic acids is 1. The van der Waals surface area contributed by atoms with Crippen molar-refractivity contribution in [1.29, 1.82) is 0 Å². The zero-order valence-electron chi connectivity index (χ0n) is 5.79. The summed E-state index contributed by atoms with van der Waals surface area (Å²) in [5.74, 6) is -0.0808. The Morgan fingerprint density at radius 1 is 1.78 bits per heavy atom. The van der Waals surface area contributed by atoms with Crippen LogP contribution < -0.4 is 5.73 Å². The summed E-state index contributed by atoms with van der Waals surface area (Å²) in [7, 11) is 0. The van der Waals surface area contributed by atoms with Crippen molar-refractivity contribution in [3.63, 3.8) is 0 Å². The van der Waals surface area contributed by atoms with Crippen LogP contribution in [0, 0.1) is 5.92 Å². The standard InChI is InChI=1S/C6H13NO2/c1-5(2)6(7,9)3-4-8/h4-5,9H,3,7H2,1-2H3. The number of carbonyl (C=O) groups is 1. The third-order valence-corrected chi connectivity index (χ3v) is 1.41. The van der Waals surface area contributed by atoms with Crippen LogP contribution in [0.4, 0.5) is 0 Å². The smallest absolute Gasteiger partial charge is 0.124 e. The average Bonchev–Trinajstić information content (AvgIpc) is 1.65. The van der Waals surface area contributed by atoms with Crippen LogP contribution in [0.5, 0.6) is 0 Å². The summed E-state index contributed by atoms with van der Waals surface area (Å²) in [5.41, 5.74) is 3.98. The van der Waals surface area contributed by atoms with Crippen molar-refractivity contribution in [1.82, 2.24) is 0 Å². The molecule has 3 heteroatoms. The number of aliphatic hydroxyl groups is 1. The van der Waals surface area contributed by atoms with Gasteiger partial charge in [0.05, 0.1) is 0 Å². The molecule has 0 aromatic carbocycles. The molecule has 0 aromatic rings. The van der Waals surface area contributed by atoms with Gasteiger partial charge in [-0.2, -0.15) is 0 Å². The highest BCUT2D eigenvalue weighted by Crippen LogP contribution is 2.11. The van der Waals surface area contributed by atoms with E-state index >= 15 is 0 Å². The summed E-state index contributed by atoms with van der Waals surface area (Å²) in [4.78, 5) is 9.88. The Balaban J connectivity index is 3.84. The number of aldehydes is 1. The molecule has 0 aliphatic rings. The molecular formula is C6H13NO2. The second-order valence-corrected chi connectivity index (χ2v) is 2.52. The Hall–Kier alpha value is -0.410. The van der Waals surface area contributed by atoms with Crippen molar-refractivity contribution in [2.45, 2.75) is 26.0 Å². The van der Waals surface area contributed by atoms with Gasteiger partial charge >= 0.3 is 0 Å². The molecule has 9 heavy (non-hydrogen) atoms. The van der Waals surface area contributed by atoms with E-state index in [9.17, 15) is 4.79 Å². The number of hydrogen-bond donors (Lipinski definition) is 2. The predicted molar refractivity (Wildman–Crippen MR) is 34.7 cm³/mol. The molecule has 0 fully saturated rings. The SMILES string of the molecule is CC(C)C(N)(O)CC=O. The molecule has 1 unspecified atom stereocenters. The molecule has 0 aliphatic carbocycles. The van der Waals surface area contributed by atoms with Crippen molar-refractivity contribution in [3.8, 4) is 0 Å². The molecule has 3 nitrogen and oxygen atoms in total. The topological polar surface area (TPSA) is 63.3 Å². The van der Waals surface area contributed by atoms with Crippen LogP contribution in [0.1, 0.15) is 20.3 Å². The minimum atomic E-state index is -1.32. The summed E-state index contributed by atoms with van der Waals surface area (Å²) in [6.45, 7) is 3.53. The lowest BCUT2D eigenvalue weighted by molar-refractivity contribution is -0.114. The van der Waals surface area contributed by atoms with E-state index in [1.165, 1.54) is 0 Å². The number of nitrogens with two attached hydrogens (primary N) is 1. The molecule has 0 saturated heterocycles. The van der Waals surface area contributed by atoms with E-state index in [1.807, 2.05) is 0 Å². The second-order valence-electron chi connectivity index (χ2n) is 2.52. The van der Waals surface area contributed by atoms with Gasteiger partial charge in [0.25, 0.3) is 0 Å². The molecule has 0 amide bonds. The van der Waals surface area contributed by atoms with Gasteiger partial charge in [-0.25, -0.2) is 0 Å². The maximum absolute atomic E-state index is 9.88. The maximum Gasteiger partial charge on any atom is 0.124 e. The third-order valence-electron chi connectivity index (χ3n) is 1.41. The third kappa shape index (κ3) is 2.58. The van der Waals surface area contributed by atoms with E-state index in [2.05, 4.69) is 0 Å². The largest absolute Gasteiger partial charge is 0.375 e. The van der Waals surface area contributed by atoms with Crippen molar-refractivity contribution in [3.05, 3.63) is 0 Å². The summed E-state index contributed by atoms with van der Waals surface area (Å²) < 4.78 is 0. The average molecular weight is 131 g/mol. The Bertz CT molecular complexity index is 99.2. The minimum Gasteiger partial charge on any atom is -0.375 e. The first-order chi connectivity index (χ1) is 4.00. The van der Waals surface area contributed by atoms with Crippen LogP contribution in [0.3, 0.4) is 0 Å².